The second kappa shape index (κ2) is 25.4. The van der Waals surface area contributed by atoms with Crippen LogP contribution in [-0.4, -0.2) is 140 Å². The standard InChI is InChI=1S/C53H76N4O11S/c1-34(2)49(52(63)57-31-41(59)29-45(57)51(62)54-30-36-8-10-37(11-9-36)50-35(3)55-33-69-50)56-47(61)32-68-26-25-67-24-23-66-22-21-65-20-19-64-18-6-5-7-38-27-39-28-40(58)12-13-42(39)43-16-17-53(4)44(48(38)43)14-15-46(53)60/h8-13,28,33-34,38,41,43-46,48-49,58-60H,5-7,14-27,29-32H2,1-4H3,(H,54,62)(H,56,61)/t38-,41-,43-,44+,45+,46+,48-,49+,53+/m1/s1. The predicted molar refractivity (Wildman–Crippen MR) is 263 cm³/mol. The summed E-state index contributed by atoms with van der Waals surface area (Å²) < 4.78 is 28.3. The number of unbranched alkanes of at least 4 members (excludes halogenated alkanes) is 1. The number of aliphatic hydroxyl groups is 2. The summed E-state index contributed by atoms with van der Waals surface area (Å²) in [4.78, 5) is 46.7. The van der Waals surface area contributed by atoms with Crippen LogP contribution in [0.1, 0.15) is 100 Å². The van der Waals surface area contributed by atoms with Gasteiger partial charge in [-0.1, -0.05) is 57.5 Å². The van der Waals surface area contributed by atoms with Crippen molar-refractivity contribution in [3.63, 3.8) is 0 Å². The van der Waals surface area contributed by atoms with E-state index in [9.17, 15) is 29.7 Å². The van der Waals surface area contributed by atoms with Crippen LogP contribution in [0.15, 0.2) is 48.0 Å². The number of aryl methyl sites for hydroxylation is 1. The van der Waals surface area contributed by atoms with E-state index in [1.54, 1.807) is 11.3 Å². The number of likely N-dealkylation sites (tertiary alicyclic amines) is 1. The van der Waals surface area contributed by atoms with Gasteiger partial charge in [-0.15, -0.1) is 11.3 Å². The van der Waals surface area contributed by atoms with Gasteiger partial charge in [-0.3, -0.25) is 14.4 Å². The van der Waals surface area contributed by atoms with E-state index in [-0.39, 0.29) is 62.7 Å². The molecule has 9 atom stereocenters. The largest absolute Gasteiger partial charge is 0.508 e. The monoisotopic (exact) mass is 977 g/mol. The average Bonchev–Trinajstić information content (AvgIpc) is 4.04. The van der Waals surface area contributed by atoms with Crippen LogP contribution in [0, 0.1) is 36.0 Å². The Kier molecular flexibility index (Phi) is 19.4. The van der Waals surface area contributed by atoms with Crippen LogP contribution in [0.2, 0.25) is 0 Å². The van der Waals surface area contributed by atoms with Crippen molar-refractivity contribution in [2.75, 3.05) is 72.6 Å². The number of aromatic hydroxyl groups is 1. The van der Waals surface area contributed by atoms with Crippen molar-refractivity contribution in [3.8, 4) is 16.2 Å². The first-order chi connectivity index (χ1) is 33.3. The maximum Gasteiger partial charge on any atom is 0.246 e. The van der Waals surface area contributed by atoms with E-state index in [0.29, 0.717) is 75.7 Å². The number of nitrogens with zero attached hydrogens (tertiary/aromatic N) is 2. The minimum atomic E-state index is -0.902. The van der Waals surface area contributed by atoms with Crippen LogP contribution in [0.5, 0.6) is 5.75 Å². The Hall–Kier alpha value is -4.00. The van der Waals surface area contributed by atoms with Crippen LogP contribution in [0.3, 0.4) is 0 Å². The second-order valence-electron chi connectivity index (χ2n) is 20.1. The van der Waals surface area contributed by atoms with Crippen molar-refractivity contribution in [2.24, 2.45) is 29.1 Å². The molecule has 3 aliphatic carbocycles. The zero-order valence-corrected chi connectivity index (χ0v) is 41.9. The van der Waals surface area contributed by atoms with Gasteiger partial charge in [-0.25, -0.2) is 4.98 Å². The fourth-order valence-corrected chi connectivity index (χ4v) is 12.4. The van der Waals surface area contributed by atoms with Gasteiger partial charge in [0.25, 0.3) is 0 Å². The lowest BCUT2D eigenvalue weighted by atomic mass is 9.52. The lowest BCUT2D eigenvalue weighted by Gasteiger charge is -2.53. The van der Waals surface area contributed by atoms with Gasteiger partial charge in [-0.05, 0) is 121 Å². The first kappa shape index (κ1) is 52.8. The average molecular weight is 977 g/mol. The third-order valence-electron chi connectivity index (χ3n) is 15.2. The van der Waals surface area contributed by atoms with Crippen molar-refractivity contribution >= 4 is 29.1 Å². The first-order valence-corrected chi connectivity index (χ1v) is 26.2. The maximum absolute atomic E-state index is 13.7. The molecule has 2 heterocycles. The van der Waals surface area contributed by atoms with Gasteiger partial charge >= 0.3 is 0 Å². The molecule has 5 N–H and O–H groups in total. The number of carbonyl (C=O) groups is 3. The van der Waals surface area contributed by atoms with E-state index in [2.05, 4.69) is 28.6 Å². The molecule has 3 amide bonds. The third-order valence-corrected chi connectivity index (χ3v) is 16.2. The van der Waals surface area contributed by atoms with E-state index in [0.717, 1.165) is 73.1 Å². The molecule has 2 aromatic carbocycles. The Balaban J connectivity index is 0.689. The van der Waals surface area contributed by atoms with Crippen LogP contribution < -0.4 is 10.6 Å². The highest BCUT2D eigenvalue weighted by Gasteiger charge is 2.56. The summed E-state index contributed by atoms with van der Waals surface area (Å²) in [5, 5.41) is 37.4. The molecule has 7 rings (SSSR count). The van der Waals surface area contributed by atoms with Crippen LogP contribution in [-0.2, 0) is 51.0 Å². The van der Waals surface area contributed by atoms with E-state index in [4.69, 9.17) is 23.7 Å². The highest BCUT2D eigenvalue weighted by Crippen LogP contribution is 2.62. The van der Waals surface area contributed by atoms with Crippen molar-refractivity contribution in [1.29, 1.82) is 0 Å². The highest BCUT2D eigenvalue weighted by atomic mass is 32.1. The van der Waals surface area contributed by atoms with E-state index in [1.807, 2.05) is 62.7 Å². The molecule has 15 nitrogen and oxygen atoms in total. The van der Waals surface area contributed by atoms with Gasteiger partial charge < -0.3 is 54.5 Å². The molecule has 0 unspecified atom stereocenters. The summed E-state index contributed by atoms with van der Waals surface area (Å²) in [6.07, 6.45) is 7.51. The molecule has 3 fully saturated rings. The molecule has 0 spiro atoms. The highest BCUT2D eigenvalue weighted by molar-refractivity contribution is 7.13. The molecule has 0 bridgehead atoms. The fraction of sp³-hybridized carbons (Fsp3) is 0.660. The molecule has 16 heteroatoms. The maximum atomic E-state index is 13.7. The van der Waals surface area contributed by atoms with Gasteiger partial charge in [0.2, 0.25) is 17.7 Å². The molecule has 0 radical (unpaired) electrons. The molecule has 4 aliphatic rings. The number of rotatable bonds is 26. The van der Waals surface area contributed by atoms with Crippen molar-refractivity contribution in [2.45, 2.75) is 122 Å². The number of phenols is 1. The molecule has 1 saturated heterocycles. The SMILES string of the molecule is Cc1ncsc1-c1ccc(CNC(=O)[C@@H]2C[C@@H](O)CN2C(=O)[C@@H](NC(=O)COCCOCCOCCOCCOCCCC[C@@H]2Cc3cc(O)ccc3[C@H]3CC[C@]4(C)[C@@H](O)CC[C@H]4[C@H]23)C(C)C)cc1. The molecular weight excluding hydrogens is 901 g/mol. The summed E-state index contributed by atoms with van der Waals surface area (Å²) in [5.41, 5.74) is 7.50. The quantitative estimate of drug-likeness (QED) is 0.0595. The zero-order chi connectivity index (χ0) is 48.9. The van der Waals surface area contributed by atoms with Crippen molar-refractivity contribution in [1.82, 2.24) is 20.5 Å². The topological polar surface area (TPSA) is 198 Å². The molecule has 1 aromatic heterocycles. The summed E-state index contributed by atoms with van der Waals surface area (Å²) in [7, 11) is 0. The van der Waals surface area contributed by atoms with E-state index >= 15 is 0 Å². The van der Waals surface area contributed by atoms with Crippen LogP contribution in [0.25, 0.3) is 10.4 Å². The number of phenolic OH excluding ortho intramolecular Hbond substituents is 1. The lowest BCUT2D eigenvalue weighted by Crippen LogP contribution is -2.55. The Morgan fingerprint density at radius 1 is 0.884 bits per heavy atom. The predicted octanol–water partition coefficient (Wildman–Crippen LogP) is 5.94. The lowest BCUT2D eigenvalue weighted by molar-refractivity contribution is -0.143. The first-order valence-electron chi connectivity index (χ1n) is 25.3. The van der Waals surface area contributed by atoms with Gasteiger partial charge in [-0.2, -0.15) is 0 Å². The number of β-amino-alcohol motifs (C(OH)–C–C–N with tert-alkyl or cyclic N) is 1. The van der Waals surface area contributed by atoms with Gasteiger partial charge in [0.05, 0.1) is 81.1 Å². The number of ether oxygens (including phenoxy) is 5. The van der Waals surface area contributed by atoms with Gasteiger partial charge in [0, 0.05) is 26.1 Å². The normalized spacial score (nSPS) is 25.6. The Morgan fingerprint density at radius 3 is 2.23 bits per heavy atom. The van der Waals surface area contributed by atoms with Crippen molar-refractivity contribution in [3.05, 3.63) is 70.4 Å². The summed E-state index contributed by atoms with van der Waals surface area (Å²) in [6.45, 7) is 11.7. The fourth-order valence-electron chi connectivity index (χ4n) is 11.6. The number of fused-ring (bicyclic) bond motifs is 5. The number of benzene rings is 2. The smallest absolute Gasteiger partial charge is 0.246 e. The molecular formula is C53H76N4O11S. The molecule has 2 saturated carbocycles. The number of aliphatic hydroxyl groups excluding tert-OH is 2. The Labute approximate surface area is 412 Å². The number of thiazole rings is 1. The summed E-state index contributed by atoms with van der Waals surface area (Å²) >= 11 is 1.58. The Bertz CT molecular complexity index is 2120. The number of hydrogen-bond donors (Lipinski definition) is 5. The number of aromatic nitrogens is 1. The second-order valence-corrected chi connectivity index (χ2v) is 21.0. The minimum absolute atomic E-state index is 0.000812. The van der Waals surface area contributed by atoms with Crippen LogP contribution in [0.4, 0.5) is 0 Å². The van der Waals surface area contributed by atoms with Crippen LogP contribution >= 0.6 is 11.3 Å². The molecule has 380 valence electrons. The zero-order valence-electron chi connectivity index (χ0n) is 41.1. The Morgan fingerprint density at radius 2 is 1.57 bits per heavy atom. The number of hydrogen-bond acceptors (Lipinski definition) is 13. The molecule has 69 heavy (non-hydrogen) atoms. The van der Waals surface area contributed by atoms with Gasteiger partial charge in [0.1, 0.15) is 24.4 Å². The number of carbonyl (C=O) groups excluding carboxylic acids is 3. The van der Waals surface area contributed by atoms with E-state index in [1.165, 1.54) is 16.0 Å². The van der Waals surface area contributed by atoms with Crippen molar-refractivity contribution < 1.29 is 53.4 Å². The molecule has 1 aliphatic heterocycles. The number of amides is 3. The third kappa shape index (κ3) is 13.7. The number of nitrogens with one attached hydrogen (secondary N) is 2. The minimum Gasteiger partial charge on any atom is -0.508 e. The van der Waals surface area contributed by atoms with E-state index < -0.39 is 30.0 Å². The van der Waals surface area contributed by atoms with Gasteiger partial charge in [0.15, 0.2) is 0 Å². The summed E-state index contributed by atoms with van der Waals surface area (Å²) in [5.74, 6) is 1.04. The summed E-state index contributed by atoms with van der Waals surface area (Å²) in [6, 6.07) is 12.1. The molecule has 3 aromatic rings.